The maximum atomic E-state index is 12.8. The van der Waals surface area contributed by atoms with Gasteiger partial charge in [0.25, 0.3) is 0 Å². The lowest BCUT2D eigenvalue weighted by Crippen LogP contribution is -2.29. The molecule has 388 valence electrons. The van der Waals surface area contributed by atoms with Crippen LogP contribution in [0.3, 0.4) is 0 Å². The van der Waals surface area contributed by atoms with E-state index in [1.54, 1.807) is 20.8 Å². The molecule has 2 aliphatic heterocycles. The molecule has 73 heavy (non-hydrogen) atoms. The number of aryl methyl sites for hydroxylation is 4. The minimum Gasteiger partial charge on any atom is -0.444 e. The molecule has 0 fully saturated rings. The molecule has 3 N–H and O–H groups in total. The number of ether oxygens (including phenoxy) is 1. The summed E-state index contributed by atoms with van der Waals surface area (Å²) in [7, 11) is -7.90. The van der Waals surface area contributed by atoms with Crippen molar-refractivity contribution in [3.8, 4) is 0 Å². The van der Waals surface area contributed by atoms with Crippen LogP contribution >= 0.6 is 11.6 Å². The highest BCUT2D eigenvalue weighted by Crippen LogP contribution is 2.40. The highest BCUT2D eigenvalue weighted by atomic mass is 35.5. The smallest absolute Gasteiger partial charge is 0.416 e. The van der Waals surface area contributed by atoms with Crippen LogP contribution in [-0.2, 0) is 62.8 Å². The van der Waals surface area contributed by atoms with E-state index in [9.17, 15) is 48.0 Å². The number of fused-ring (bicyclic) bond motifs is 4. The number of benzene rings is 6. The highest BCUT2D eigenvalue weighted by Gasteiger charge is 2.32. The summed E-state index contributed by atoms with van der Waals surface area (Å²) >= 11 is 6.26. The van der Waals surface area contributed by atoms with Crippen molar-refractivity contribution in [2.24, 2.45) is 0 Å². The number of amides is 1. The van der Waals surface area contributed by atoms with Gasteiger partial charge in [-0.05, 0) is 166 Å². The van der Waals surface area contributed by atoms with Gasteiger partial charge >= 0.3 is 18.4 Å². The zero-order valence-corrected chi connectivity index (χ0v) is 42.5. The molecule has 11 nitrogen and oxygen atoms in total. The summed E-state index contributed by atoms with van der Waals surface area (Å²) in [5.41, 5.74) is 6.66. The number of anilines is 5. The van der Waals surface area contributed by atoms with Crippen LogP contribution in [0.5, 0.6) is 0 Å². The fourth-order valence-electron chi connectivity index (χ4n) is 8.48. The van der Waals surface area contributed by atoms with Gasteiger partial charge in [0.05, 0.1) is 20.9 Å². The molecule has 6 aromatic carbocycles. The summed E-state index contributed by atoms with van der Waals surface area (Å²) in [6.45, 7) is 6.57. The van der Waals surface area contributed by atoms with Crippen LogP contribution in [0, 0.1) is 0 Å². The van der Waals surface area contributed by atoms with E-state index in [0.717, 1.165) is 108 Å². The molecule has 20 heteroatoms. The first kappa shape index (κ1) is 54.6. The van der Waals surface area contributed by atoms with E-state index in [2.05, 4.69) is 36.7 Å². The van der Waals surface area contributed by atoms with Crippen molar-refractivity contribution < 1.29 is 52.7 Å². The number of para-hydroxylation sites is 2. The molecule has 1 amide bonds. The third-order valence-corrected chi connectivity index (χ3v) is 15.1. The number of hydrogen-bond donors (Lipinski definition) is 3. The second-order valence-corrected chi connectivity index (χ2v) is 22.3. The molecular weight excluding hydrogens is 1020 g/mol. The molecule has 0 spiro atoms. The molecule has 0 unspecified atom stereocenters. The van der Waals surface area contributed by atoms with Crippen LogP contribution in [-0.4, -0.2) is 54.7 Å². The largest absolute Gasteiger partial charge is 0.444 e. The van der Waals surface area contributed by atoms with Crippen LogP contribution < -0.4 is 24.6 Å². The second-order valence-electron chi connectivity index (χ2n) is 18.4. The molecule has 0 saturated carbocycles. The molecule has 6 aromatic rings. The van der Waals surface area contributed by atoms with Gasteiger partial charge in [0, 0.05) is 59.6 Å². The van der Waals surface area contributed by atoms with Gasteiger partial charge in [-0.1, -0.05) is 60.1 Å². The molecular formula is C53H54ClF6N5O6S2. The number of halogens is 7. The van der Waals surface area contributed by atoms with E-state index < -0.39 is 55.2 Å². The minimum atomic E-state index is -4.54. The lowest BCUT2D eigenvalue weighted by Gasteiger charge is -2.28. The zero-order valence-electron chi connectivity index (χ0n) is 40.1. The molecule has 8 rings (SSSR count). The van der Waals surface area contributed by atoms with Crippen molar-refractivity contribution >= 4 is 66.2 Å². The zero-order chi connectivity index (χ0) is 52.8. The number of hydrogen-bond acceptors (Lipinski definition) is 8. The molecule has 0 aromatic heterocycles. The van der Waals surface area contributed by atoms with E-state index >= 15 is 0 Å². The SMILES string of the molecule is CC(C)(C)OC(=O)Nc1ccc2c(c1)N(CCCNS(=O)(=O)c1ccc(C(F)(F)F)cc1)c1ccccc1CC2.O=S(=O)(NCCCN1c2ccccc2CCc2ccc(Cl)cc21)c1ccc(C(F)(F)F)cc1. The Morgan fingerprint density at radius 3 is 1.37 bits per heavy atom. The van der Waals surface area contributed by atoms with Crippen molar-refractivity contribution in [1.82, 2.24) is 9.44 Å². The Hall–Kier alpha value is -6.12. The number of sulfonamides is 2. The third kappa shape index (κ3) is 14.3. The molecule has 0 atom stereocenters. The van der Waals surface area contributed by atoms with Crippen molar-refractivity contribution in [3.05, 3.63) is 172 Å². The lowest BCUT2D eigenvalue weighted by atomic mass is 10.0. The highest BCUT2D eigenvalue weighted by molar-refractivity contribution is 7.89. The van der Waals surface area contributed by atoms with E-state index in [1.807, 2.05) is 72.8 Å². The summed E-state index contributed by atoms with van der Waals surface area (Å²) < 4.78 is 137. The van der Waals surface area contributed by atoms with Gasteiger partial charge in [-0.25, -0.2) is 31.1 Å². The molecule has 2 aliphatic rings. The molecule has 0 radical (unpaired) electrons. The number of carbonyl (C=O) groups is 1. The molecule has 2 heterocycles. The quantitative estimate of drug-likeness (QED) is 0.0768. The Bertz CT molecular complexity index is 3130. The van der Waals surface area contributed by atoms with Crippen molar-refractivity contribution in [2.75, 3.05) is 41.3 Å². The number of alkyl halides is 6. The normalized spacial score (nSPS) is 13.8. The Labute approximate surface area is 426 Å². The van der Waals surface area contributed by atoms with E-state index in [1.165, 1.54) is 11.1 Å². The van der Waals surface area contributed by atoms with Crippen molar-refractivity contribution in [3.63, 3.8) is 0 Å². The summed E-state index contributed by atoms with van der Waals surface area (Å²) in [6.07, 6.45) is -5.35. The van der Waals surface area contributed by atoms with Crippen LogP contribution in [0.25, 0.3) is 0 Å². The Balaban J connectivity index is 0.000000218. The number of nitrogens with zero attached hydrogens (tertiary/aromatic N) is 2. The van der Waals surface area contributed by atoms with E-state index in [-0.39, 0.29) is 22.9 Å². The summed E-state index contributed by atoms with van der Waals surface area (Å²) in [6, 6.07) is 34.4. The van der Waals surface area contributed by atoms with Gasteiger partial charge in [-0.15, -0.1) is 0 Å². The third-order valence-electron chi connectivity index (χ3n) is 11.9. The molecule has 0 aliphatic carbocycles. The number of carbonyl (C=O) groups excluding carboxylic acids is 1. The first-order valence-corrected chi connectivity index (χ1v) is 26.7. The van der Waals surface area contributed by atoms with Gasteiger partial charge in [0.15, 0.2) is 0 Å². The predicted molar refractivity (Wildman–Crippen MR) is 272 cm³/mol. The average molecular weight is 1070 g/mol. The summed E-state index contributed by atoms with van der Waals surface area (Å²) in [4.78, 5) is 16.2. The van der Waals surface area contributed by atoms with Crippen LogP contribution in [0.15, 0.2) is 143 Å². The second kappa shape index (κ2) is 22.6. The van der Waals surface area contributed by atoms with Crippen molar-refractivity contribution in [1.29, 1.82) is 0 Å². The number of rotatable bonds is 13. The van der Waals surface area contributed by atoms with Crippen LogP contribution in [0.1, 0.15) is 67.0 Å². The first-order chi connectivity index (χ1) is 34.4. The van der Waals surface area contributed by atoms with Gasteiger partial charge < -0.3 is 14.5 Å². The Kier molecular flexibility index (Phi) is 16.9. The Morgan fingerprint density at radius 1 is 0.548 bits per heavy atom. The molecule has 0 saturated heterocycles. The predicted octanol–water partition coefficient (Wildman–Crippen LogP) is 12.6. The van der Waals surface area contributed by atoms with Gasteiger partial charge in [0.2, 0.25) is 20.0 Å². The standard InChI is InChI=1S/C29H32F3N3O4S.C24H22ClF3N2O2S/c1-28(2,3)39-27(36)34-23-14-11-21-10-9-20-7-4-5-8-25(20)35(26(21)19-23)18-6-17-33-40(37,38)24-15-12-22(13-16-24)29(30,31)32;25-20-11-8-18-7-6-17-4-1-2-5-22(17)30(23(18)16-20)15-3-14-29-33(31,32)21-12-9-19(10-13-21)24(26,27)28/h4-5,7-8,11-16,19,33H,6,9-10,17-18H2,1-3H3,(H,34,36);1-2,4-5,8-13,16,29H,3,6-7,14-15H2. The summed E-state index contributed by atoms with van der Waals surface area (Å²) in [5, 5.41) is 3.41. The first-order valence-electron chi connectivity index (χ1n) is 23.3. The van der Waals surface area contributed by atoms with Crippen LogP contribution in [0.4, 0.5) is 59.6 Å². The molecule has 0 bridgehead atoms. The maximum absolute atomic E-state index is 12.8. The van der Waals surface area contributed by atoms with E-state index in [0.29, 0.717) is 36.6 Å². The van der Waals surface area contributed by atoms with Crippen LogP contribution in [0.2, 0.25) is 5.02 Å². The average Bonchev–Trinajstić information content (AvgIpc) is 3.58. The van der Waals surface area contributed by atoms with Gasteiger partial charge in [-0.3, -0.25) is 5.32 Å². The lowest BCUT2D eigenvalue weighted by molar-refractivity contribution is -0.138. The van der Waals surface area contributed by atoms with Crippen molar-refractivity contribution in [2.45, 2.75) is 87.0 Å². The number of nitrogens with one attached hydrogen (secondary N) is 3. The minimum absolute atomic E-state index is 0.0766. The monoisotopic (exact) mass is 1070 g/mol. The maximum Gasteiger partial charge on any atom is 0.416 e. The fraction of sp³-hybridized carbons (Fsp3) is 0.302. The topological polar surface area (TPSA) is 137 Å². The van der Waals surface area contributed by atoms with Gasteiger partial charge in [0.1, 0.15) is 5.60 Å². The fourth-order valence-corrected chi connectivity index (χ4v) is 10.8. The summed E-state index contributed by atoms with van der Waals surface area (Å²) in [5.74, 6) is 0. The Morgan fingerprint density at radius 2 is 0.945 bits per heavy atom. The van der Waals surface area contributed by atoms with E-state index in [4.69, 9.17) is 16.3 Å². The van der Waals surface area contributed by atoms with Gasteiger partial charge in [-0.2, -0.15) is 26.3 Å².